The molecule has 0 aliphatic heterocycles. The highest BCUT2D eigenvalue weighted by atomic mass is 19.3. The van der Waals surface area contributed by atoms with Crippen LogP contribution >= 0.6 is 0 Å². The summed E-state index contributed by atoms with van der Waals surface area (Å²) in [6.45, 7) is 3.87. The lowest BCUT2D eigenvalue weighted by atomic mass is 9.91. The summed E-state index contributed by atoms with van der Waals surface area (Å²) in [7, 11) is 0. The van der Waals surface area contributed by atoms with E-state index in [-0.39, 0.29) is 0 Å². The Balaban J connectivity index is 4.35. The van der Waals surface area contributed by atoms with Crippen molar-refractivity contribution in [3.05, 3.63) is 0 Å². The van der Waals surface area contributed by atoms with Gasteiger partial charge in [0.05, 0.1) is 6.54 Å². The van der Waals surface area contributed by atoms with Gasteiger partial charge in [-0.3, -0.25) is 9.59 Å². The van der Waals surface area contributed by atoms with Crippen molar-refractivity contribution in [1.82, 2.24) is 5.32 Å². The lowest BCUT2D eigenvalue weighted by molar-refractivity contribution is -0.169. The Kier molecular flexibility index (Phi) is 4.45. The quantitative estimate of drug-likeness (QED) is 0.762. The molecule has 0 radical (unpaired) electrons. The van der Waals surface area contributed by atoms with Crippen LogP contribution in [0.4, 0.5) is 17.6 Å². The fourth-order valence-corrected chi connectivity index (χ4v) is 0.643. The molecule has 0 saturated heterocycles. The molecule has 0 heterocycles. The molecule has 0 aromatic rings. The standard InChI is InChI=1S/C9H13F4NO2/c1-8(2,3)5(15)4-14-7(16)9(12,13)6(10)11/h6H,4H2,1-3H3,(H,14,16). The van der Waals surface area contributed by atoms with Crippen LogP contribution in [0.15, 0.2) is 0 Å². The van der Waals surface area contributed by atoms with Gasteiger partial charge >= 0.3 is 12.3 Å². The first-order valence-electron chi connectivity index (χ1n) is 4.47. The smallest absolute Gasteiger partial charge is 0.344 e. The monoisotopic (exact) mass is 243 g/mol. The van der Waals surface area contributed by atoms with E-state index >= 15 is 0 Å². The number of nitrogens with one attached hydrogen (secondary N) is 1. The number of carbonyl (C=O) groups is 2. The molecule has 0 spiro atoms. The fraction of sp³-hybridized carbons (Fsp3) is 0.778. The van der Waals surface area contributed by atoms with E-state index in [2.05, 4.69) is 0 Å². The molecule has 0 fully saturated rings. The van der Waals surface area contributed by atoms with Crippen LogP contribution in [0, 0.1) is 5.41 Å². The lowest BCUT2D eigenvalue weighted by Gasteiger charge is -2.19. The van der Waals surface area contributed by atoms with E-state index in [9.17, 15) is 27.2 Å². The minimum Gasteiger partial charge on any atom is -0.344 e. The third kappa shape index (κ3) is 3.79. The normalized spacial score (nSPS) is 12.8. The summed E-state index contributed by atoms with van der Waals surface area (Å²) in [5, 5.41) is 1.49. The van der Waals surface area contributed by atoms with Gasteiger partial charge in [0.2, 0.25) is 0 Å². The van der Waals surface area contributed by atoms with Crippen molar-refractivity contribution in [1.29, 1.82) is 0 Å². The van der Waals surface area contributed by atoms with Crippen molar-refractivity contribution in [3.63, 3.8) is 0 Å². The molecule has 3 nitrogen and oxygen atoms in total. The number of hydrogen-bond donors (Lipinski definition) is 1. The van der Waals surface area contributed by atoms with E-state index in [1.54, 1.807) is 0 Å². The second-order valence-corrected chi connectivity index (χ2v) is 4.28. The predicted molar refractivity (Wildman–Crippen MR) is 48.4 cm³/mol. The van der Waals surface area contributed by atoms with Gasteiger partial charge in [-0.25, -0.2) is 8.78 Å². The third-order valence-corrected chi connectivity index (χ3v) is 1.82. The summed E-state index contributed by atoms with van der Waals surface area (Å²) in [4.78, 5) is 21.9. The van der Waals surface area contributed by atoms with Crippen LogP contribution in [0.25, 0.3) is 0 Å². The van der Waals surface area contributed by atoms with Crippen LogP contribution in [-0.2, 0) is 9.59 Å². The number of ketones is 1. The largest absolute Gasteiger partial charge is 0.383 e. The highest BCUT2D eigenvalue weighted by Gasteiger charge is 2.48. The first kappa shape index (κ1) is 14.9. The van der Waals surface area contributed by atoms with Crippen molar-refractivity contribution in [2.24, 2.45) is 5.41 Å². The van der Waals surface area contributed by atoms with E-state index in [1.807, 2.05) is 0 Å². The molecule has 0 aromatic heterocycles. The highest BCUT2D eigenvalue weighted by molar-refractivity contribution is 5.91. The zero-order valence-electron chi connectivity index (χ0n) is 9.11. The minimum atomic E-state index is -4.77. The Morgan fingerprint density at radius 1 is 1.19 bits per heavy atom. The van der Waals surface area contributed by atoms with Crippen LogP contribution in [0.5, 0.6) is 0 Å². The maximum atomic E-state index is 12.4. The van der Waals surface area contributed by atoms with Crippen molar-refractivity contribution in [2.75, 3.05) is 6.54 Å². The van der Waals surface area contributed by atoms with Crippen LogP contribution in [0.1, 0.15) is 20.8 Å². The fourth-order valence-electron chi connectivity index (χ4n) is 0.643. The molecule has 0 aromatic carbocycles. The number of halogens is 4. The predicted octanol–water partition coefficient (Wildman–Crippen LogP) is 1.62. The zero-order valence-corrected chi connectivity index (χ0v) is 9.11. The third-order valence-electron chi connectivity index (χ3n) is 1.82. The maximum Gasteiger partial charge on any atom is 0.383 e. The number of amides is 1. The molecule has 7 heteroatoms. The van der Waals surface area contributed by atoms with Crippen molar-refractivity contribution < 1.29 is 27.2 Å². The Morgan fingerprint density at radius 2 is 1.62 bits per heavy atom. The van der Waals surface area contributed by atoms with E-state index in [0.29, 0.717) is 0 Å². The van der Waals surface area contributed by atoms with Crippen LogP contribution < -0.4 is 5.32 Å². The summed E-state index contributed by atoms with van der Waals surface area (Å²) < 4.78 is 48.3. The topological polar surface area (TPSA) is 46.2 Å². The first-order valence-corrected chi connectivity index (χ1v) is 4.47. The Hall–Kier alpha value is -1.14. The SMILES string of the molecule is CC(C)(C)C(=O)CNC(=O)C(F)(F)C(F)F. The number of Topliss-reactive ketones (excluding diaryl/α,β-unsaturated/α-hetero) is 1. The number of carbonyl (C=O) groups excluding carboxylic acids is 2. The second-order valence-electron chi connectivity index (χ2n) is 4.28. The van der Waals surface area contributed by atoms with Crippen molar-refractivity contribution >= 4 is 11.7 Å². The van der Waals surface area contributed by atoms with Crippen molar-refractivity contribution in [2.45, 2.75) is 33.1 Å². The molecule has 0 saturated carbocycles. The number of alkyl halides is 4. The number of hydrogen-bond acceptors (Lipinski definition) is 2. The molecular weight excluding hydrogens is 230 g/mol. The Bertz CT molecular complexity index is 284. The summed E-state index contributed by atoms with van der Waals surface area (Å²) >= 11 is 0. The summed E-state index contributed by atoms with van der Waals surface area (Å²) in [6.07, 6.45) is -4.09. The molecule has 0 atom stereocenters. The molecule has 0 aliphatic carbocycles. The molecule has 1 amide bonds. The molecule has 0 aliphatic rings. The summed E-state index contributed by atoms with van der Waals surface area (Å²) in [5.74, 6) is -7.43. The van der Waals surface area contributed by atoms with E-state index in [0.717, 1.165) is 0 Å². The van der Waals surface area contributed by atoms with Gasteiger partial charge in [-0.15, -0.1) is 0 Å². The van der Waals surface area contributed by atoms with E-state index < -0.39 is 36.0 Å². The van der Waals surface area contributed by atoms with Gasteiger partial charge < -0.3 is 5.32 Å². The second kappa shape index (κ2) is 4.80. The molecule has 16 heavy (non-hydrogen) atoms. The molecule has 0 rings (SSSR count). The van der Waals surface area contributed by atoms with Crippen molar-refractivity contribution in [3.8, 4) is 0 Å². The van der Waals surface area contributed by atoms with Gasteiger partial charge in [0.1, 0.15) is 0 Å². The van der Waals surface area contributed by atoms with Crippen LogP contribution in [0.2, 0.25) is 0 Å². The van der Waals surface area contributed by atoms with Gasteiger partial charge in [-0.1, -0.05) is 20.8 Å². The molecule has 1 N–H and O–H groups in total. The Labute approximate surface area is 90.2 Å². The van der Waals surface area contributed by atoms with Crippen LogP contribution in [-0.4, -0.2) is 30.6 Å². The van der Waals surface area contributed by atoms with Gasteiger partial charge in [0, 0.05) is 5.41 Å². The van der Waals surface area contributed by atoms with E-state index in [4.69, 9.17) is 0 Å². The van der Waals surface area contributed by atoms with Gasteiger partial charge in [0.25, 0.3) is 5.91 Å². The molecule has 0 bridgehead atoms. The van der Waals surface area contributed by atoms with Gasteiger partial charge in [-0.05, 0) is 0 Å². The van der Waals surface area contributed by atoms with Crippen LogP contribution in [0.3, 0.4) is 0 Å². The molecular formula is C9H13F4NO2. The van der Waals surface area contributed by atoms with Gasteiger partial charge in [-0.2, -0.15) is 8.78 Å². The highest BCUT2D eigenvalue weighted by Crippen LogP contribution is 2.22. The molecule has 94 valence electrons. The number of rotatable bonds is 4. The lowest BCUT2D eigenvalue weighted by Crippen LogP contribution is -2.47. The first-order chi connectivity index (χ1) is 6.99. The van der Waals surface area contributed by atoms with Gasteiger partial charge in [0.15, 0.2) is 5.78 Å². The minimum absolute atomic E-state index is 0.522. The average molecular weight is 243 g/mol. The average Bonchev–Trinajstić information content (AvgIpc) is 2.11. The zero-order chi connectivity index (χ0) is 13.1. The van der Waals surface area contributed by atoms with E-state index in [1.165, 1.54) is 26.1 Å². The Morgan fingerprint density at radius 3 is 1.94 bits per heavy atom. The summed E-state index contributed by atoms with van der Waals surface area (Å²) in [6, 6.07) is 0. The molecule has 0 unspecified atom stereocenters. The summed E-state index contributed by atoms with van der Waals surface area (Å²) in [5.41, 5.74) is -0.826. The maximum absolute atomic E-state index is 12.4.